The monoisotopic (exact) mass is 322 g/mol. The van der Waals surface area contributed by atoms with Crippen molar-refractivity contribution in [2.45, 2.75) is 0 Å². The van der Waals surface area contributed by atoms with Crippen LogP contribution in [0.2, 0.25) is 20.1 Å². The lowest BCUT2D eigenvalue weighted by Crippen LogP contribution is -1.82. The van der Waals surface area contributed by atoms with E-state index in [-0.39, 0.29) is 0 Å². The molecule has 0 fully saturated rings. The van der Waals surface area contributed by atoms with Crippen LogP contribution < -0.4 is 11.5 Å². The van der Waals surface area contributed by atoms with Gasteiger partial charge in [-0.1, -0.05) is 46.4 Å². The summed E-state index contributed by atoms with van der Waals surface area (Å²) in [6, 6.07) is 9.91. The Morgan fingerprint density at radius 1 is 0.611 bits per heavy atom. The minimum Gasteiger partial charge on any atom is -0.399 e. The maximum atomic E-state index is 5.60. The van der Waals surface area contributed by atoms with Crippen LogP contribution in [-0.4, -0.2) is 0 Å². The van der Waals surface area contributed by atoms with Crippen LogP contribution in [0.5, 0.6) is 0 Å². The first-order chi connectivity index (χ1) is 8.38. The van der Waals surface area contributed by atoms with E-state index in [4.69, 9.17) is 57.9 Å². The summed E-state index contributed by atoms with van der Waals surface area (Å²) < 4.78 is 0. The highest BCUT2D eigenvalue weighted by atomic mass is 35.5. The molecule has 2 rings (SSSR count). The number of rotatable bonds is 0. The van der Waals surface area contributed by atoms with E-state index in [2.05, 4.69) is 0 Å². The molecule has 0 amide bonds. The van der Waals surface area contributed by atoms with Crippen LogP contribution in [-0.2, 0) is 0 Å². The van der Waals surface area contributed by atoms with Gasteiger partial charge < -0.3 is 11.5 Å². The van der Waals surface area contributed by atoms with E-state index in [0.717, 1.165) is 0 Å². The molecule has 2 nitrogen and oxygen atoms in total. The summed E-state index contributed by atoms with van der Waals surface area (Å²) in [4.78, 5) is 0. The Morgan fingerprint density at radius 2 is 1.17 bits per heavy atom. The standard InChI is InChI=1S/2C6H5Cl2N/c7-4-1-5(8)3-6(9)2-4;7-5-2-1-4(9)3-6(5)8/h2*1-3H,9H2. The highest BCUT2D eigenvalue weighted by Gasteiger charge is 1.94. The summed E-state index contributed by atoms with van der Waals surface area (Å²) in [7, 11) is 0. The Hall–Kier alpha value is -0.800. The predicted molar refractivity (Wildman–Crippen MR) is 81.7 cm³/mol. The van der Waals surface area contributed by atoms with Gasteiger partial charge in [0.2, 0.25) is 0 Å². The van der Waals surface area contributed by atoms with Gasteiger partial charge in [-0.25, -0.2) is 0 Å². The van der Waals surface area contributed by atoms with E-state index < -0.39 is 0 Å². The molecule has 0 unspecified atom stereocenters. The van der Waals surface area contributed by atoms with Crippen LogP contribution in [0.4, 0.5) is 11.4 Å². The summed E-state index contributed by atoms with van der Waals surface area (Å²) >= 11 is 22.4. The topological polar surface area (TPSA) is 52.0 Å². The highest BCUT2D eigenvalue weighted by molar-refractivity contribution is 6.42. The first-order valence-electron chi connectivity index (χ1n) is 4.80. The molecular weight excluding hydrogens is 314 g/mol. The van der Waals surface area contributed by atoms with Crippen molar-refractivity contribution in [3.8, 4) is 0 Å². The smallest absolute Gasteiger partial charge is 0.0612 e. The van der Waals surface area contributed by atoms with Crippen molar-refractivity contribution in [2.24, 2.45) is 0 Å². The van der Waals surface area contributed by atoms with Gasteiger partial charge in [0.25, 0.3) is 0 Å². The number of hydrogen-bond acceptors (Lipinski definition) is 2. The fourth-order valence-electron chi connectivity index (χ4n) is 1.09. The average Bonchev–Trinajstić information content (AvgIpc) is 2.23. The molecule has 0 saturated heterocycles. The van der Waals surface area contributed by atoms with Crippen molar-refractivity contribution in [1.82, 2.24) is 0 Å². The molecule has 0 aromatic heterocycles. The van der Waals surface area contributed by atoms with E-state index >= 15 is 0 Å². The van der Waals surface area contributed by atoms with Crippen molar-refractivity contribution in [3.05, 3.63) is 56.5 Å². The highest BCUT2D eigenvalue weighted by Crippen LogP contribution is 2.23. The van der Waals surface area contributed by atoms with Gasteiger partial charge in [-0.2, -0.15) is 0 Å². The number of nitrogen functional groups attached to an aromatic ring is 2. The molecule has 4 N–H and O–H groups in total. The van der Waals surface area contributed by atoms with Gasteiger partial charge >= 0.3 is 0 Å². The third kappa shape index (κ3) is 5.23. The first kappa shape index (κ1) is 15.3. The van der Waals surface area contributed by atoms with E-state index in [0.29, 0.717) is 31.5 Å². The van der Waals surface area contributed by atoms with Crippen molar-refractivity contribution in [1.29, 1.82) is 0 Å². The Balaban J connectivity index is 0.000000180. The maximum Gasteiger partial charge on any atom is 0.0612 e. The van der Waals surface area contributed by atoms with Crippen molar-refractivity contribution >= 4 is 57.8 Å². The molecule has 2 aromatic rings. The second kappa shape index (κ2) is 6.95. The number of benzene rings is 2. The van der Waals surface area contributed by atoms with E-state index in [1.54, 1.807) is 36.4 Å². The Kier molecular flexibility index (Phi) is 5.89. The van der Waals surface area contributed by atoms with Crippen LogP contribution in [0, 0.1) is 0 Å². The fraction of sp³-hybridized carbons (Fsp3) is 0. The summed E-state index contributed by atoms with van der Waals surface area (Å²) in [5.41, 5.74) is 12.0. The Morgan fingerprint density at radius 3 is 1.56 bits per heavy atom. The van der Waals surface area contributed by atoms with Gasteiger partial charge in [0.1, 0.15) is 0 Å². The summed E-state index contributed by atoms with van der Waals surface area (Å²) in [5.74, 6) is 0. The van der Waals surface area contributed by atoms with Gasteiger partial charge in [-0.15, -0.1) is 0 Å². The minimum absolute atomic E-state index is 0.497. The summed E-state index contributed by atoms with van der Waals surface area (Å²) in [5, 5.41) is 2.17. The van der Waals surface area contributed by atoms with Gasteiger partial charge in [-0.05, 0) is 36.4 Å². The minimum atomic E-state index is 0.497. The lowest BCUT2D eigenvalue weighted by Gasteiger charge is -1.94. The molecule has 0 saturated carbocycles. The first-order valence-corrected chi connectivity index (χ1v) is 6.32. The van der Waals surface area contributed by atoms with Gasteiger partial charge in [0.15, 0.2) is 0 Å². The molecule has 0 aliphatic carbocycles. The van der Waals surface area contributed by atoms with E-state index in [1.807, 2.05) is 0 Å². The van der Waals surface area contributed by atoms with Gasteiger partial charge in [0, 0.05) is 21.4 Å². The normalized spacial score (nSPS) is 9.56. The van der Waals surface area contributed by atoms with Crippen LogP contribution in [0.1, 0.15) is 0 Å². The van der Waals surface area contributed by atoms with Crippen LogP contribution in [0.15, 0.2) is 36.4 Å². The Labute approximate surface area is 125 Å². The van der Waals surface area contributed by atoms with Gasteiger partial charge in [0.05, 0.1) is 10.0 Å². The molecule has 0 radical (unpaired) electrons. The number of halogens is 4. The quantitative estimate of drug-likeness (QED) is 0.658. The molecule has 0 aliphatic rings. The van der Waals surface area contributed by atoms with Crippen molar-refractivity contribution in [2.75, 3.05) is 11.5 Å². The van der Waals surface area contributed by atoms with Crippen LogP contribution in [0.3, 0.4) is 0 Å². The van der Waals surface area contributed by atoms with E-state index in [1.165, 1.54) is 0 Å². The average molecular weight is 324 g/mol. The number of hydrogen-bond donors (Lipinski definition) is 2. The van der Waals surface area contributed by atoms with Crippen LogP contribution in [0.25, 0.3) is 0 Å². The number of anilines is 2. The SMILES string of the molecule is Nc1cc(Cl)cc(Cl)c1.Nc1ccc(Cl)c(Cl)c1. The zero-order chi connectivity index (χ0) is 13.7. The third-order valence-electron chi connectivity index (χ3n) is 1.83. The van der Waals surface area contributed by atoms with Crippen LogP contribution >= 0.6 is 46.4 Å². The second-order valence-corrected chi connectivity index (χ2v) is 5.06. The molecule has 0 bridgehead atoms. The van der Waals surface area contributed by atoms with Gasteiger partial charge in [-0.3, -0.25) is 0 Å². The molecule has 0 aliphatic heterocycles. The zero-order valence-electron chi connectivity index (χ0n) is 9.13. The maximum absolute atomic E-state index is 5.60. The molecule has 0 heterocycles. The molecule has 0 atom stereocenters. The van der Waals surface area contributed by atoms with Crippen molar-refractivity contribution in [3.63, 3.8) is 0 Å². The summed E-state index contributed by atoms with van der Waals surface area (Å²) in [6.45, 7) is 0. The fourth-order valence-corrected chi connectivity index (χ4v) is 1.94. The molecule has 2 aromatic carbocycles. The summed E-state index contributed by atoms with van der Waals surface area (Å²) in [6.07, 6.45) is 0. The molecule has 6 heteroatoms. The van der Waals surface area contributed by atoms with E-state index in [9.17, 15) is 0 Å². The molecular formula is C12H10Cl4N2. The lowest BCUT2D eigenvalue weighted by atomic mass is 10.3. The third-order valence-corrected chi connectivity index (χ3v) is 3.00. The lowest BCUT2D eigenvalue weighted by molar-refractivity contribution is 1.68. The largest absolute Gasteiger partial charge is 0.399 e. The zero-order valence-corrected chi connectivity index (χ0v) is 12.2. The second-order valence-electron chi connectivity index (χ2n) is 3.38. The number of nitrogens with two attached hydrogens (primary N) is 2. The van der Waals surface area contributed by atoms with Crippen molar-refractivity contribution < 1.29 is 0 Å². The Bertz CT molecular complexity index is 493. The molecule has 18 heavy (non-hydrogen) atoms. The molecule has 0 spiro atoms. The molecule has 96 valence electrons. The predicted octanol–water partition coefficient (Wildman–Crippen LogP) is 5.15.